The van der Waals surface area contributed by atoms with E-state index in [0.29, 0.717) is 0 Å². The smallest absolute Gasteiger partial charge is 0.138 e. The monoisotopic (exact) mass is 283 g/mol. The number of benzene rings is 1. The molecule has 16 heavy (non-hydrogen) atoms. The van der Waals surface area contributed by atoms with Crippen molar-refractivity contribution in [3.05, 3.63) is 27.7 Å². The fourth-order valence-electron chi connectivity index (χ4n) is 2.58. The summed E-state index contributed by atoms with van der Waals surface area (Å²) in [5, 5.41) is 0. The number of halogens is 1. The van der Waals surface area contributed by atoms with Crippen molar-refractivity contribution in [2.45, 2.75) is 38.1 Å². The van der Waals surface area contributed by atoms with E-state index in [-0.39, 0.29) is 5.54 Å². The topological polar surface area (TPSA) is 35.2 Å². The summed E-state index contributed by atoms with van der Waals surface area (Å²) in [6, 6.07) is 4.23. The first kappa shape index (κ1) is 11.9. The van der Waals surface area contributed by atoms with Crippen molar-refractivity contribution in [2.75, 3.05) is 7.11 Å². The molecule has 1 saturated carbocycles. The fraction of sp³-hybridized carbons (Fsp3) is 0.538. The van der Waals surface area contributed by atoms with Gasteiger partial charge in [-0.05, 0) is 47.3 Å². The van der Waals surface area contributed by atoms with Gasteiger partial charge in [-0.15, -0.1) is 0 Å². The fourth-order valence-corrected chi connectivity index (χ4v) is 3.32. The van der Waals surface area contributed by atoms with Crippen LogP contribution < -0.4 is 10.5 Å². The molecular formula is C13H18BrNO. The van der Waals surface area contributed by atoms with Crippen LogP contribution in [0.2, 0.25) is 0 Å². The van der Waals surface area contributed by atoms with Gasteiger partial charge in [0.15, 0.2) is 0 Å². The van der Waals surface area contributed by atoms with Crippen LogP contribution >= 0.6 is 15.9 Å². The Bertz CT molecular complexity index is 397. The van der Waals surface area contributed by atoms with Crippen molar-refractivity contribution in [3.8, 4) is 5.75 Å². The number of methoxy groups -OCH3 is 1. The number of nitrogens with two attached hydrogens (primary N) is 1. The van der Waals surface area contributed by atoms with Gasteiger partial charge in [-0.25, -0.2) is 0 Å². The Morgan fingerprint density at radius 1 is 1.31 bits per heavy atom. The molecule has 0 aromatic heterocycles. The van der Waals surface area contributed by atoms with Gasteiger partial charge in [-0.1, -0.05) is 18.9 Å². The van der Waals surface area contributed by atoms with Crippen molar-refractivity contribution >= 4 is 15.9 Å². The van der Waals surface area contributed by atoms with Gasteiger partial charge in [0.2, 0.25) is 0 Å². The van der Waals surface area contributed by atoms with E-state index in [1.54, 1.807) is 7.11 Å². The van der Waals surface area contributed by atoms with Crippen molar-refractivity contribution in [1.29, 1.82) is 0 Å². The molecule has 0 bridgehead atoms. The summed E-state index contributed by atoms with van der Waals surface area (Å²) in [5.41, 5.74) is 8.67. The lowest BCUT2D eigenvalue weighted by Crippen LogP contribution is -2.33. The highest BCUT2D eigenvalue weighted by molar-refractivity contribution is 9.10. The average molecular weight is 284 g/mol. The van der Waals surface area contributed by atoms with E-state index in [4.69, 9.17) is 10.5 Å². The summed E-state index contributed by atoms with van der Waals surface area (Å²) < 4.78 is 6.48. The Kier molecular flexibility index (Phi) is 3.27. The highest BCUT2D eigenvalue weighted by atomic mass is 79.9. The highest BCUT2D eigenvalue weighted by Gasteiger charge is 2.34. The van der Waals surface area contributed by atoms with E-state index < -0.39 is 0 Å². The summed E-state index contributed by atoms with van der Waals surface area (Å²) >= 11 is 3.55. The van der Waals surface area contributed by atoms with Crippen LogP contribution in [0.3, 0.4) is 0 Å². The van der Waals surface area contributed by atoms with E-state index >= 15 is 0 Å². The van der Waals surface area contributed by atoms with E-state index in [1.807, 2.05) is 0 Å². The maximum atomic E-state index is 6.49. The molecule has 1 aromatic rings. The number of hydrogen-bond donors (Lipinski definition) is 1. The molecule has 1 aromatic carbocycles. The molecule has 0 spiro atoms. The van der Waals surface area contributed by atoms with Gasteiger partial charge < -0.3 is 10.5 Å². The molecule has 1 aliphatic rings. The third-order valence-corrected chi connectivity index (χ3v) is 4.01. The first-order valence-electron chi connectivity index (χ1n) is 5.70. The van der Waals surface area contributed by atoms with Crippen LogP contribution in [0, 0.1) is 6.92 Å². The third-order valence-electron chi connectivity index (χ3n) is 3.42. The Hall–Kier alpha value is -0.540. The lowest BCUT2D eigenvalue weighted by atomic mass is 9.87. The Labute approximate surface area is 105 Å². The lowest BCUT2D eigenvalue weighted by molar-refractivity contribution is 0.377. The third kappa shape index (κ3) is 1.98. The largest absolute Gasteiger partial charge is 0.495 e. The van der Waals surface area contributed by atoms with E-state index in [9.17, 15) is 0 Å². The van der Waals surface area contributed by atoms with Gasteiger partial charge >= 0.3 is 0 Å². The molecule has 0 unspecified atom stereocenters. The Morgan fingerprint density at radius 3 is 2.50 bits per heavy atom. The quantitative estimate of drug-likeness (QED) is 0.902. The number of hydrogen-bond acceptors (Lipinski definition) is 2. The van der Waals surface area contributed by atoms with Crippen LogP contribution in [0.5, 0.6) is 5.75 Å². The van der Waals surface area contributed by atoms with Gasteiger partial charge in [-0.2, -0.15) is 0 Å². The normalized spacial score (nSPS) is 18.8. The zero-order chi connectivity index (χ0) is 11.8. The maximum Gasteiger partial charge on any atom is 0.138 e. The zero-order valence-corrected chi connectivity index (χ0v) is 11.4. The summed E-state index contributed by atoms with van der Waals surface area (Å²) in [6.07, 6.45) is 4.54. The minimum absolute atomic E-state index is 0.195. The number of ether oxygens (including phenoxy) is 1. The molecule has 3 heteroatoms. The van der Waals surface area contributed by atoms with Crippen LogP contribution in [0.4, 0.5) is 0 Å². The Balaban J connectivity index is 2.53. The molecule has 88 valence electrons. The van der Waals surface area contributed by atoms with Gasteiger partial charge in [0, 0.05) is 11.1 Å². The SMILES string of the molecule is COc1c(Br)cc(C)cc1C1(N)CCCC1. The summed E-state index contributed by atoms with van der Waals surface area (Å²) in [7, 11) is 1.71. The molecular weight excluding hydrogens is 266 g/mol. The van der Waals surface area contributed by atoms with Gasteiger partial charge in [0.25, 0.3) is 0 Å². The van der Waals surface area contributed by atoms with Crippen LogP contribution in [-0.2, 0) is 5.54 Å². The average Bonchev–Trinajstić information content (AvgIpc) is 2.65. The van der Waals surface area contributed by atoms with Crippen molar-refractivity contribution < 1.29 is 4.74 Å². The lowest BCUT2D eigenvalue weighted by Gasteiger charge is -2.27. The van der Waals surface area contributed by atoms with E-state index in [2.05, 4.69) is 35.0 Å². The van der Waals surface area contributed by atoms with E-state index in [1.165, 1.54) is 18.4 Å². The standard InChI is InChI=1S/C13H18BrNO/c1-9-7-10(12(16-2)11(14)8-9)13(15)5-3-4-6-13/h7-8H,3-6,15H2,1-2H3. The summed E-state index contributed by atoms with van der Waals surface area (Å²) in [5.74, 6) is 0.898. The van der Waals surface area contributed by atoms with Crippen LogP contribution in [0.1, 0.15) is 36.8 Å². The van der Waals surface area contributed by atoms with E-state index in [0.717, 1.165) is 28.6 Å². The predicted octanol–water partition coefficient (Wildman–Crippen LogP) is 3.49. The van der Waals surface area contributed by atoms with Crippen molar-refractivity contribution in [3.63, 3.8) is 0 Å². The minimum atomic E-state index is -0.195. The second kappa shape index (κ2) is 4.38. The second-order valence-corrected chi connectivity index (χ2v) is 5.55. The number of aryl methyl sites for hydroxylation is 1. The van der Waals surface area contributed by atoms with Crippen molar-refractivity contribution in [1.82, 2.24) is 0 Å². The van der Waals surface area contributed by atoms with Crippen molar-refractivity contribution in [2.24, 2.45) is 5.73 Å². The summed E-state index contributed by atoms with van der Waals surface area (Å²) in [4.78, 5) is 0. The van der Waals surface area contributed by atoms with Gasteiger partial charge in [0.1, 0.15) is 5.75 Å². The molecule has 0 saturated heterocycles. The molecule has 0 aliphatic heterocycles. The van der Waals surface area contributed by atoms with Crippen LogP contribution in [0.25, 0.3) is 0 Å². The number of rotatable bonds is 2. The molecule has 0 radical (unpaired) electrons. The minimum Gasteiger partial charge on any atom is -0.495 e. The first-order chi connectivity index (χ1) is 7.57. The molecule has 0 heterocycles. The second-order valence-electron chi connectivity index (χ2n) is 4.69. The first-order valence-corrected chi connectivity index (χ1v) is 6.49. The molecule has 2 N–H and O–H groups in total. The van der Waals surface area contributed by atoms with Gasteiger partial charge in [-0.3, -0.25) is 0 Å². The Morgan fingerprint density at radius 2 is 1.94 bits per heavy atom. The molecule has 2 rings (SSSR count). The molecule has 1 aliphatic carbocycles. The molecule has 0 atom stereocenters. The molecule has 2 nitrogen and oxygen atoms in total. The van der Waals surface area contributed by atoms with Crippen LogP contribution in [0.15, 0.2) is 16.6 Å². The van der Waals surface area contributed by atoms with Crippen LogP contribution in [-0.4, -0.2) is 7.11 Å². The molecule has 0 amide bonds. The zero-order valence-electron chi connectivity index (χ0n) is 9.85. The molecule has 1 fully saturated rings. The van der Waals surface area contributed by atoms with Gasteiger partial charge in [0.05, 0.1) is 11.6 Å². The highest BCUT2D eigenvalue weighted by Crippen LogP contribution is 2.43. The summed E-state index contributed by atoms with van der Waals surface area (Å²) in [6.45, 7) is 2.09. The maximum absolute atomic E-state index is 6.49. The predicted molar refractivity (Wildman–Crippen MR) is 69.8 cm³/mol.